The van der Waals surface area contributed by atoms with E-state index in [4.69, 9.17) is 17.4 Å². The monoisotopic (exact) mass is 516 g/mol. The molecule has 0 atom stereocenters. The standard InChI is InChI=1S/C24H20ClF3N6O2/c1-12-17(25)8-5-9-18(12)31-21(35)15-10-13(11-19-20(15)33-23(30-2)32-19)34(29)22(36)14-6-3-4-7-16(14)24(26,27)28/h3-11H,29H2,1-2H3,(H,31,35)(H2,30,32,33). The average molecular weight is 517 g/mol. The minimum atomic E-state index is -4.76. The maximum atomic E-state index is 13.5. The van der Waals surface area contributed by atoms with Crippen LogP contribution in [-0.4, -0.2) is 28.8 Å². The summed E-state index contributed by atoms with van der Waals surface area (Å²) in [4.78, 5) is 33.6. The van der Waals surface area contributed by atoms with Crippen molar-refractivity contribution in [2.24, 2.45) is 5.84 Å². The number of hydrogen-bond acceptors (Lipinski definition) is 5. The Morgan fingerprint density at radius 1 is 1.08 bits per heavy atom. The van der Waals surface area contributed by atoms with E-state index in [9.17, 15) is 22.8 Å². The van der Waals surface area contributed by atoms with Crippen LogP contribution in [0, 0.1) is 6.92 Å². The number of anilines is 3. The van der Waals surface area contributed by atoms with Crippen LogP contribution in [0.25, 0.3) is 11.0 Å². The quantitative estimate of drug-likeness (QED) is 0.162. The molecular formula is C24H20ClF3N6O2. The Morgan fingerprint density at radius 3 is 2.50 bits per heavy atom. The van der Waals surface area contributed by atoms with E-state index in [1.165, 1.54) is 24.3 Å². The van der Waals surface area contributed by atoms with Gasteiger partial charge in [-0.15, -0.1) is 0 Å². The van der Waals surface area contributed by atoms with Crippen LogP contribution in [0.15, 0.2) is 54.6 Å². The number of alkyl halides is 3. The van der Waals surface area contributed by atoms with Crippen molar-refractivity contribution in [3.05, 3.63) is 81.9 Å². The summed E-state index contributed by atoms with van der Waals surface area (Å²) in [7, 11) is 1.61. The number of hydrogen-bond donors (Lipinski definition) is 4. The summed E-state index contributed by atoms with van der Waals surface area (Å²) in [6, 6.07) is 12.0. The molecule has 36 heavy (non-hydrogen) atoms. The molecule has 0 saturated carbocycles. The fourth-order valence-electron chi connectivity index (χ4n) is 3.63. The second-order valence-electron chi connectivity index (χ2n) is 7.81. The van der Waals surface area contributed by atoms with Gasteiger partial charge in [0.2, 0.25) is 5.95 Å². The average Bonchev–Trinajstić information content (AvgIpc) is 3.28. The highest BCUT2D eigenvalue weighted by molar-refractivity contribution is 6.31. The maximum absolute atomic E-state index is 13.5. The number of benzene rings is 3. The van der Waals surface area contributed by atoms with Crippen LogP contribution in [-0.2, 0) is 6.18 Å². The minimum Gasteiger partial charge on any atom is -0.359 e. The summed E-state index contributed by atoms with van der Waals surface area (Å²) in [5, 5.41) is 6.58. The lowest BCUT2D eigenvalue weighted by Crippen LogP contribution is -2.38. The van der Waals surface area contributed by atoms with E-state index in [0.29, 0.717) is 32.7 Å². The second-order valence-corrected chi connectivity index (χ2v) is 8.22. The molecule has 1 aromatic heterocycles. The van der Waals surface area contributed by atoms with Gasteiger partial charge >= 0.3 is 6.18 Å². The first-order valence-electron chi connectivity index (χ1n) is 10.5. The molecule has 0 aliphatic rings. The number of nitrogens with one attached hydrogen (secondary N) is 3. The van der Waals surface area contributed by atoms with Crippen molar-refractivity contribution in [2.45, 2.75) is 13.1 Å². The second kappa shape index (κ2) is 9.51. The van der Waals surface area contributed by atoms with Gasteiger partial charge in [0, 0.05) is 17.8 Å². The molecule has 8 nitrogen and oxygen atoms in total. The van der Waals surface area contributed by atoms with Crippen LogP contribution in [0.1, 0.15) is 31.8 Å². The van der Waals surface area contributed by atoms with Gasteiger partial charge in [-0.3, -0.25) is 9.59 Å². The summed E-state index contributed by atoms with van der Waals surface area (Å²) in [6.07, 6.45) is -4.76. The van der Waals surface area contributed by atoms with Crippen molar-refractivity contribution in [2.75, 3.05) is 22.7 Å². The van der Waals surface area contributed by atoms with Crippen LogP contribution in [0.2, 0.25) is 5.02 Å². The lowest BCUT2D eigenvalue weighted by Gasteiger charge is -2.20. The number of fused-ring (bicyclic) bond motifs is 1. The first kappa shape index (κ1) is 25.0. The molecule has 186 valence electrons. The molecule has 0 aliphatic carbocycles. The van der Waals surface area contributed by atoms with E-state index in [1.54, 1.807) is 32.2 Å². The number of carbonyl (C=O) groups is 2. The summed E-state index contributed by atoms with van der Waals surface area (Å²) in [5.41, 5.74) is -0.0641. The lowest BCUT2D eigenvalue weighted by molar-refractivity contribution is -0.137. The predicted molar refractivity (Wildman–Crippen MR) is 132 cm³/mol. The van der Waals surface area contributed by atoms with Gasteiger partial charge in [-0.25, -0.2) is 15.8 Å². The summed E-state index contributed by atoms with van der Waals surface area (Å²) >= 11 is 6.15. The molecule has 3 aromatic carbocycles. The molecule has 0 bridgehead atoms. The van der Waals surface area contributed by atoms with E-state index in [-0.39, 0.29) is 16.8 Å². The summed E-state index contributed by atoms with van der Waals surface area (Å²) in [5.74, 6) is 4.63. The van der Waals surface area contributed by atoms with Crippen molar-refractivity contribution < 1.29 is 22.8 Å². The van der Waals surface area contributed by atoms with Crippen LogP contribution < -0.4 is 21.5 Å². The fourth-order valence-corrected chi connectivity index (χ4v) is 3.80. The van der Waals surface area contributed by atoms with Crippen molar-refractivity contribution in [1.29, 1.82) is 0 Å². The molecule has 0 aliphatic heterocycles. The molecule has 0 saturated heterocycles. The number of imidazole rings is 1. The number of aromatic amines is 1. The van der Waals surface area contributed by atoms with Gasteiger partial charge in [0.25, 0.3) is 11.8 Å². The first-order valence-corrected chi connectivity index (χ1v) is 10.9. The van der Waals surface area contributed by atoms with Gasteiger partial charge in [0.05, 0.1) is 27.9 Å². The number of aromatic nitrogens is 2. The van der Waals surface area contributed by atoms with Gasteiger partial charge < -0.3 is 15.6 Å². The molecule has 5 N–H and O–H groups in total. The number of rotatable bonds is 5. The van der Waals surface area contributed by atoms with E-state index in [2.05, 4.69) is 20.6 Å². The smallest absolute Gasteiger partial charge is 0.359 e. The van der Waals surface area contributed by atoms with E-state index in [0.717, 1.165) is 12.1 Å². The Labute approximate surface area is 208 Å². The van der Waals surface area contributed by atoms with Crippen molar-refractivity contribution in [3.8, 4) is 0 Å². The number of amides is 2. The van der Waals surface area contributed by atoms with Crippen LogP contribution in [0.4, 0.5) is 30.5 Å². The number of nitrogens with two attached hydrogens (primary N) is 1. The van der Waals surface area contributed by atoms with E-state index >= 15 is 0 Å². The zero-order valence-corrected chi connectivity index (χ0v) is 19.8. The topological polar surface area (TPSA) is 116 Å². The zero-order chi connectivity index (χ0) is 26.2. The third kappa shape index (κ3) is 4.70. The largest absolute Gasteiger partial charge is 0.417 e. The maximum Gasteiger partial charge on any atom is 0.417 e. The molecule has 0 spiro atoms. The van der Waals surface area contributed by atoms with Gasteiger partial charge in [-0.1, -0.05) is 29.8 Å². The third-order valence-corrected chi connectivity index (χ3v) is 5.94. The first-order chi connectivity index (χ1) is 17.0. The highest BCUT2D eigenvalue weighted by Gasteiger charge is 2.36. The molecule has 0 fully saturated rings. The minimum absolute atomic E-state index is 0.0243. The Hall–Kier alpha value is -4.09. The van der Waals surface area contributed by atoms with Crippen LogP contribution >= 0.6 is 11.6 Å². The molecular weight excluding hydrogens is 497 g/mol. The molecule has 12 heteroatoms. The molecule has 0 radical (unpaired) electrons. The van der Waals surface area contributed by atoms with E-state index < -0.39 is 29.1 Å². The Morgan fingerprint density at radius 2 is 1.81 bits per heavy atom. The highest BCUT2D eigenvalue weighted by atomic mass is 35.5. The Kier molecular flexibility index (Phi) is 6.61. The molecule has 0 unspecified atom stereocenters. The normalized spacial score (nSPS) is 11.4. The van der Waals surface area contributed by atoms with Crippen LogP contribution in [0.3, 0.4) is 0 Å². The van der Waals surface area contributed by atoms with E-state index in [1.807, 2.05) is 0 Å². The number of hydrazine groups is 1. The third-order valence-electron chi connectivity index (χ3n) is 5.53. The van der Waals surface area contributed by atoms with Gasteiger partial charge in [0.15, 0.2) is 0 Å². The number of halogens is 4. The highest BCUT2D eigenvalue weighted by Crippen LogP contribution is 2.33. The molecule has 4 rings (SSSR count). The van der Waals surface area contributed by atoms with Gasteiger partial charge in [-0.05, 0) is 48.9 Å². The number of nitrogens with zero attached hydrogens (tertiary/aromatic N) is 2. The SMILES string of the molecule is CNc1nc2c(C(=O)Nc3cccc(Cl)c3C)cc(N(N)C(=O)c3ccccc3C(F)(F)F)cc2[nH]1. The zero-order valence-electron chi connectivity index (χ0n) is 19.0. The molecule has 1 heterocycles. The van der Waals surface area contributed by atoms with Crippen molar-refractivity contribution in [1.82, 2.24) is 9.97 Å². The Balaban J connectivity index is 1.79. The predicted octanol–water partition coefficient (Wildman–Crippen LogP) is 5.36. The van der Waals surface area contributed by atoms with Gasteiger partial charge in [0.1, 0.15) is 5.52 Å². The summed E-state index contributed by atoms with van der Waals surface area (Å²) in [6.45, 7) is 1.73. The molecule has 2 amide bonds. The molecule has 4 aromatic rings. The summed E-state index contributed by atoms with van der Waals surface area (Å²) < 4.78 is 40.4. The van der Waals surface area contributed by atoms with Crippen molar-refractivity contribution in [3.63, 3.8) is 0 Å². The number of carbonyl (C=O) groups excluding carboxylic acids is 2. The lowest BCUT2D eigenvalue weighted by atomic mass is 10.1. The van der Waals surface area contributed by atoms with Crippen molar-refractivity contribution >= 4 is 51.8 Å². The van der Waals surface area contributed by atoms with Gasteiger partial charge in [-0.2, -0.15) is 13.2 Å². The Bertz CT molecular complexity index is 1480. The number of H-pyrrole nitrogens is 1. The fraction of sp³-hybridized carbons (Fsp3) is 0.125. The van der Waals surface area contributed by atoms with Crippen LogP contribution in [0.5, 0.6) is 0 Å².